The fraction of sp³-hybridized carbons (Fsp3) is 0.421. The van der Waals surface area contributed by atoms with Crippen LogP contribution in [0.2, 0.25) is 0 Å². The number of nitrogens with zero attached hydrogens (tertiary/aromatic N) is 2. The summed E-state index contributed by atoms with van der Waals surface area (Å²) >= 11 is 1.75. The number of rotatable bonds is 7. The van der Waals surface area contributed by atoms with Crippen LogP contribution < -0.4 is 11.1 Å². The standard InChI is InChI=1S/C19H24N4O2S/c20-16(19(25)23-10-11-26-13-23)5-3-9-21-18(24)12-15-8-7-14-4-1-2-6-17(14)22-15/h1-2,4,6-8,16H,3,5,9-13,20H2,(H,21,24). The van der Waals surface area contributed by atoms with Gasteiger partial charge in [-0.1, -0.05) is 24.3 Å². The van der Waals surface area contributed by atoms with E-state index in [1.54, 1.807) is 16.7 Å². The summed E-state index contributed by atoms with van der Waals surface area (Å²) in [5, 5.41) is 3.94. The molecule has 1 aliphatic heterocycles. The molecule has 7 heteroatoms. The van der Waals surface area contributed by atoms with Crippen molar-refractivity contribution in [2.75, 3.05) is 24.7 Å². The molecule has 2 aromatic rings. The number of pyridine rings is 1. The largest absolute Gasteiger partial charge is 0.356 e. The number of benzene rings is 1. The van der Waals surface area contributed by atoms with Gasteiger partial charge in [0.05, 0.1) is 29.6 Å². The maximum Gasteiger partial charge on any atom is 0.240 e. The highest BCUT2D eigenvalue weighted by Gasteiger charge is 2.23. The molecule has 2 amide bonds. The highest BCUT2D eigenvalue weighted by Crippen LogP contribution is 2.15. The molecule has 1 aliphatic rings. The molecule has 0 radical (unpaired) electrons. The fourth-order valence-corrected chi connectivity index (χ4v) is 3.88. The molecule has 1 fully saturated rings. The van der Waals surface area contributed by atoms with Crippen molar-refractivity contribution in [3.8, 4) is 0 Å². The Labute approximate surface area is 157 Å². The van der Waals surface area contributed by atoms with Gasteiger partial charge in [0.2, 0.25) is 11.8 Å². The Morgan fingerprint density at radius 1 is 1.27 bits per heavy atom. The third kappa shape index (κ3) is 4.95. The van der Waals surface area contributed by atoms with Crippen molar-refractivity contribution >= 4 is 34.5 Å². The van der Waals surface area contributed by atoms with E-state index in [9.17, 15) is 9.59 Å². The number of para-hydroxylation sites is 1. The number of amides is 2. The van der Waals surface area contributed by atoms with E-state index in [1.807, 2.05) is 36.4 Å². The van der Waals surface area contributed by atoms with E-state index >= 15 is 0 Å². The van der Waals surface area contributed by atoms with Crippen molar-refractivity contribution < 1.29 is 9.59 Å². The Kier molecular flexibility index (Phi) is 6.46. The third-order valence-electron chi connectivity index (χ3n) is 4.39. The van der Waals surface area contributed by atoms with Crippen LogP contribution in [0.4, 0.5) is 0 Å². The molecule has 2 heterocycles. The predicted molar refractivity (Wildman–Crippen MR) is 105 cm³/mol. The molecular formula is C19H24N4O2S. The summed E-state index contributed by atoms with van der Waals surface area (Å²) in [7, 11) is 0. The van der Waals surface area contributed by atoms with Crippen LogP contribution in [0.5, 0.6) is 0 Å². The first kappa shape index (κ1) is 18.7. The maximum absolute atomic E-state index is 12.1. The van der Waals surface area contributed by atoms with Crippen LogP contribution in [0.25, 0.3) is 10.9 Å². The second-order valence-corrected chi connectivity index (χ2v) is 7.48. The second kappa shape index (κ2) is 9.00. The number of thioether (sulfide) groups is 1. The molecule has 3 rings (SSSR count). The fourth-order valence-electron chi connectivity index (χ4n) is 2.93. The molecule has 1 aromatic carbocycles. The van der Waals surface area contributed by atoms with Crippen LogP contribution in [-0.4, -0.2) is 52.5 Å². The Morgan fingerprint density at radius 3 is 2.92 bits per heavy atom. The lowest BCUT2D eigenvalue weighted by atomic mass is 10.1. The highest BCUT2D eigenvalue weighted by atomic mass is 32.2. The molecule has 1 aromatic heterocycles. The van der Waals surface area contributed by atoms with Crippen molar-refractivity contribution in [2.45, 2.75) is 25.3 Å². The molecule has 0 aliphatic carbocycles. The summed E-state index contributed by atoms with van der Waals surface area (Å²) in [5.41, 5.74) is 7.61. The van der Waals surface area contributed by atoms with Crippen LogP contribution in [0.1, 0.15) is 18.5 Å². The van der Waals surface area contributed by atoms with E-state index in [1.165, 1.54) is 0 Å². The zero-order valence-corrected chi connectivity index (χ0v) is 15.5. The SMILES string of the molecule is NC(CCCNC(=O)Cc1ccc2ccccc2n1)C(=O)N1CCSC1. The van der Waals surface area contributed by atoms with Gasteiger partial charge in [-0.2, -0.15) is 0 Å². The van der Waals surface area contributed by atoms with E-state index in [0.717, 1.165) is 34.8 Å². The molecule has 6 nitrogen and oxygen atoms in total. The quantitative estimate of drug-likeness (QED) is 0.720. The summed E-state index contributed by atoms with van der Waals surface area (Å²) in [6, 6.07) is 11.2. The molecule has 1 unspecified atom stereocenters. The first-order valence-corrected chi connectivity index (χ1v) is 10.0. The van der Waals surface area contributed by atoms with Gasteiger partial charge < -0.3 is 16.0 Å². The second-order valence-electron chi connectivity index (χ2n) is 6.41. The number of fused-ring (bicyclic) bond motifs is 1. The molecule has 1 atom stereocenters. The maximum atomic E-state index is 12.1. The zero-order chi connectivity index (χ0) is 18.4. The van der Waals surface area contributed by atoms with Gasteiger partial charge in [-0.25, -0.2) is 0 Å². The lowest BCUT2D eigenvalue weighted by molar-refractivity contribution is -0.131. The van der Waals surface area contributed by atoms with Gasteiger partial charge in [-0.15, -0.1) is 11.8 Å². The van der Waals surface area contributed by atoms with E-state index in [2.05, 4.69) is 10.3 Å². The Balaban J connectivity index is 1.38. The van der Waals surface area contributed by atoms with Crippen LogP contribution in [0.3, 0.4) is 0 Å². The Morgan fingerprint density at radius 2 is 2.12 bits per heavy atom. The summed E-state index contributed by atoms with van der Waals surface area (Å²) < 4.78 is 0. The van der Waals surface area contributed by atoms with Crippen molar-refractivity contribution in [3.05, 3.63) is 42.1 Å². The average molecular weight is 372 g/mol. The summed E-state index contributed by atoms with van der Waals surface area (Å²) in [6.07, 6.45) is 1.51. The number of carbonyl (C=O) groups excluding carboxylic acids is 2. The Bertz CT molecular complexity index is 777. The minimum atomic E-state index is -0.479. The van der Waals surface area contributed by atoms with Crippen molar-refractivity contribution in [3.63, 3.8) is 0 Å². The lowest BCUT2D eigenvalue weighted by Gasteiger charge is -2.19. The van der Waals surface area contributed by atoms with E-state index < -0.39 is 6.04 Å². The number of nitrogens with one attached hydrogen (secondary N) is 1. The van der Waals surface area contributed by atoms with Gasteiger partial charge in [-0.3, -0.25) is 14.6 Å². The molecule has 26 heavy (non-hydrogen) atoms. The molecule has 138 valence electrons. The molecular weight excluding hydrogens is 348 g/mol. The Hall–Kier alpha value is -2.12. The van der Waals surface area contributed by atoms with Gasteiger partial charge in [0.15, 0.2) is 0 Å². The minimum absolute atomic E-state index is 0.0155. The first-order valence-electron chi connectivity index (χ1n) is 8.87. The molecule has 0 bridgehead atoms. The van der Waals surface area contributed by atoms with Gasteiger partial charge in [0.25, 0.3) is 0 Å². The zero-order valence-electron chi connectivity index (χ0n) is 14.7. The number of aromatic nitrogens is 1. The number of hydrogen-bond acceptors (Lipinski definition) is 5. The first-order chi connectivity index (χ1) is 12.6. The van der Waals surface area contributed by atoms with Crippen LogP contribution in [0.15, 0.2) is 36.4 Å². The lowest BCUT2D eigenvalue weighted by Crippen LogP contribution is -2.42. The van der Waals surface area contributed by atoms with Crippen molar-refractivity contribution in [2.24, 2.45) is 5.73 Å². The van der Waals surface area contributed by atoms with Gasteiger partial charge in [-0.05, 0) is 25.0 Å². The van der Waals surface area contributed by atoms with E-state index in [4.69, 9.17) is 5.73 Å². The van der Waals surface area contributed by atoms with E-state index in [-0.39, 0.29) is 18.2 Å². The number of nitrogens with two attached hydrogens (primary N) is 1. The summed E-state index contributed by atoms with van der Waals surface area (Å²) in [6.45, 7) is 1.30. The molecule has 1 saturated heterocycles. The highest BCUT2D eigenvalue weighted by molar-refractivity contribution is 7.99. The average Bonchev–Trinajstić information content (AvgIpc) is 3.19. The van der Waals surface area contributed by atoms with E-state index in [0.29, 0.717) is 19.4 Å². The van der Waals surface area contributed by atoms with Gasteiger partial charge in [0.1, 0.15) is 0 Å². The molecule has 0 saturated carbocycles. The van der Waals surface area contributed by atoms with Crippen molar-refractivity contribution in [1.82, 2.24) is 15.2 Å². The van der Waals surface area contributed by atoms with Crippen LogP contribution in [0, 0.1) is 0 Å². The molecule has 3 N–H and O–H groups in total. The van der Waals surface area contributed by atoms with Crippen LogP contribution >= 0.6 is 11.8 Å². The van der Waals surface area contributed by atoms with Crippen molar-refractivity contribution in [1.29, 1.82) is 0 Å². The molecule has 0 spiro atoms. The summed E-state index contributed by atoms with van der Waals surface area (Å²) in [4.78, 5) is 30.5. The summed E-state index contributed by atoms with van der Waals surface area (Å²) in [5.74, 6) is 1.67. The normalized spacial score (nSPS) is 15.2. The monoisotopic (exact) mass is 372 g/mol. The predicted octanol–water partition coefficient (Wildman–Crippen LogP) is 1.53. The number of carbonyl (C=O) groups is 2. The smallest absolute Gasteiger partial charge is 0.240 e. The topological polar surface area (TPSA) is 88.3 Å². The number of hydrogen-bond donors (Lipinski definition) is 2. The third-order valence-corrected chi connectivity index (χ3v) is 5.36. The van der Waals surface area contributed by atoms with Gasteiger partial charge >= 0.3 is 0 Å². The van der Waals surface area contributed by atoms with Crippen LogP contribution in [-0.2, 0) is 16.0 Å². The van der Waals surface area contributed by atoms with Gasteiger partial charge in [0, 0.05) is 24.2 Å². The minimum Gasteiger partial charge on any atom is -0.356 e.